The molecule has 0 atom stereocenters. The van der Waals surface area contributed by atoms with Crippen molar-refractivity contribution >= 4 is 12.1 Å². The summed E-state index contributed by atoms with van der Waals surface area (Å²) in [6.45, 7) is 0. The molecule has 1 heterocycles. The third kappa shape index (κ3) is 1.18. The maximum Gasteiger partial charge on any atom is 0.168 e. The van der Waals surface area contributed by atoms with Crippen LogP contribution in [0.5, 0.6) is 0 Å². The van der Waals surface area contributed by atoms with Crippen LogP contribution in [0.2, 0.25) is 0 Å². The summed E-state index contributed by atoms with van der Waals surface area (Å²) in [4.78, 5) is 0. The molecule has 0 aromatic carbocycles. The van der Waals surface area contributed by atoms with Crippen LogP contribution in [-0.4, -0.2) is 12.1 Å². The van der Waals surface area contributed by atoms with Crippen LogP contribution in [0.1, 0.15) is 0 Å². The second-order valence-electron chi connectivity index (χ2n) is 1.50. The summed E-state index contributed by atoms with van der Waals surface area (Å²) >= 11 is 0. The molecule has 9 heavy (non-hydrogen) atoms. The molecule has 0 aliphatic carbocycles. The Bertz CT molecular complexity index is 189. The molecule has 0 fully saturated rings. The van der Waals surface area contributed by atoms with Gasteiger partial charge in [0.2, 0.25) is 0 Å². The van der Waals surface area contributed by atoms with Gasteiger partial charge in [-0.25, -0.2) is 0 Å². The van der Waals surface area contributed by atoms with Gasteiger partial charge in [-0.05, 0) is 6.08 Å². The number of amidine groups is 1. The molecule has 0 saturated heterocycles. The summed E-state index contributed by atoms with van der Waals surface area (Å²) in [6.07, 6.45) is 3.05. The summed E-state index contributed by atoms with van der Waals surface area (Å²) in [6, 6.07) is 0. The molecule has 0 radical (unpaired) electrons. The molecular weight excluding hydrogens is 118 g/mol. The van der Waals surface area contributed by atoms with E-state index in [-0.39, 0.29) is 5.84 Å². The lowest BCUT2D eigenvalue weighted by Crippen LogP contribution is -2.21. The highest BCUT2D eigenvalue weighted by atomic mass is 15.5. The second kappa shape index (κ2) is 2.17. The first-order valence-electron chi connectivity index (χ1n) is 2.38. The van der Waals surface area contributed by atoms with E-state index < -0.39 is 0 Å². The lowest BCUT2D eigenvalue weighted by atomic mass is 10.4. The second-order valence-corrected chi connectivity index (χ2v) is 1.50. The number of nitrogens with zero attached hydrogens (tertiary/aromatic N) is 2. The lowest BCUT2D eigenvalue weighted by Gasteiger charge is -1.93. The summed E-state index contributed by atoms with van der Waals surface area (Å²) < 4.78 is 0. The zero-order valence-corrected chi connectivity index (χ0v) is 4.70. The van der Waals surface area contributed by atoms with Gasteiger partial charge in [-0.2, -0.15) is 10.6 Å². The molecule has 5 nitrogen and oxygen atoms in total. The number of rotatable bonds is 0. The fourth-order valence-corrected chi connectivity index (χ4v) is 0.384. The maximum atomic E-state index is 5.35. The Morgan fingerprint density at radius 3 is 3.00 bits per heavy atom. The molecule has 0 aromatic rings. The Hall–Kier alpha value is -1.52. The van der Waals surface area contributed by atoms with Crippen molar-refractivity contribution in [1.82, 2.24) is 5.53 Å². The minimum Gasteiger partial charge on any atom is -0.396 e. The van der Waals surface area contributed by atoms with Crippen LogP contribution in [0.3, 0.4) is 0 Å². The van der Waals surface area contributed by atoms with Gasteiger partial charge < -0.3 is 11.5 Å². The van der Waals surface area contributed by atoms with Crippen LogP contribution >= 0.6 is 0 Å². The first-order valence-corrected chi connectivity index (χ1v) is 2.38. The van der Waals surface area contributed by atoms with Gasteiger partial charge in [0.1, 0.15) is 0 Å². The summed E-state index contributed by atoms with van der Waals surface area (Å²) in [5, 5.41) is 7.13. The summed E-state index contributed by atoms with van der Waals surface area (Å²) in [5.41, 5.74) is 13.4. The van der Waals surface area contributed by atoms with Crippen LogP contribution in [-0.2, 0) is 0 Å². The topological polar surface area (TPSA) is 88.8 Å². The SMILES string of the molecule is NC1=CC=NNN=C1N. The normalized spacial score (nSPS) is 17.3. The highest BCUT2D eigenvalue weighted by molar-refractivity contribution is 5.99. The quantitative estimate of drug-likeness (QED) is 0.375. The molecule has 1 aliphatic rings. The summed E-state index contributed by atoms with van der Waals surface area (Å²) in [5.74, 6) is 0.257. The maximum absolute atomic E-state index is 5.35. The van der Waals surface area contributed by atoms with E-state index in [0.29, 0.717) is 5.70 Å². The number of nitrogens with two attached hydrogens (primary N) is 2. The van der Waals surface area contributed by atoms with Crippen molar-refractivity contribution in [2.24, 2.45) is 21.7 Å². The molecule has 5 N–H and O–H groups in total. The largest absolute Gasteiger partial charge is 0.396 e. The van der Waals surface area contributed by atoms with Crippen molar-refractivity contribution < 1.29 is 0 Å². The smallest absolute Gasteiger partial charge is 0.168 e. The van der Waals surface area contributed by atoms with Crippen molar-refractivity contribution in [3.05, 3.63) is 11.8 Å². The molecular formula is C4H7N5. The van der Waals surface area contributed by atoms with Crippen molar-refractivity contribution in [2.45, 2.75) is 0 Å². The number of nitrogens with one attached hydrogen (secondary N) is 1. The first kappa shape index (κ1) is 5.61. The Morgan fingerprint density at radius 1 is 1.44 bits per heavy atom. The van der Waals surface area contributed by atoms with E-state index in [1.807, 2.05) is 0 Å². The van der Waals surface area contributed by atoms with Gasteiger partial charge >= 0.3 is 0 Å². The Labute approximate surface area is 52.1 Å². The molecule has 0 saturated carbocycles. The van der Waals surface area contributed by atoms with Gasteiger partial charge in [0.15, 0.2) is 5.84 Å². The van der Waals surface area contributed by atoms with Gasteiger partial charge in [-0.3, -0.25) is 0 Å². The molecule has 0 aromatic heterocycles. The molecule has 0 spiro atoms. The molecule has 0 bridgehead atoms. The highest BCUT2D eigenvalue weighted by Crippen LogP contribution is 1.83. The van der Waals surface area contributed by atoms with E-state index in [9.17, 15) is 0 Å². The van der Waals surface area contributed by atoms with Crippen LogP contribution in [0.4, 0.5) is 0 Å². The highest BCUT2D eigenvalue weighted by Gasteiger charge is 1.95. The molecule has 1 aliphatic heterocycles. The van der Waals surface area contributed by atoms with Gasteiger partial charge in [-0.15, -0.1) is 5.10 Å². The minimum atomic E-state index is 0.257. The Balaban J connectivity index is 2.85. The molecule has 48 valence electrons. The number of hydrogen-bond donors (Lipinski definition) is 3. The van der Waals surface area contributed by atoms with Gasteiger partial charge in [-0.1, -0.05) is 0 Å². The predicted molar refractivity (Wildman–Crippen MR) is 35.5 cm³/mol. The Kier molecular flexibility index (Phi) is 1.35. The van der Waals surface area contributed by atoms with Crippen molar-refractivity contribution in [1.29, 1.82) is 0 Å². The third-order valence-electron chi connectivity index (χ3n) is 0.853. The fraction of sp³-hybridized carbons (Fsp3) is 0. The standard InChI is InChI=1S/C4H7N5/c5-3-1-2-7-9-8-4(3)6/h1-2,9H,5H2,(H2,6,8). The monoisotopic (exact) mass is 125 g/mol. The molecule has 0 amide bonds. The number of allylic oxidation sites excluding steroid dienone is 1. The van der Waals surface area contributed by atoms with Gasteiger partial charge in [0.25, 0.3) is 0 Å². The molecule has 5 heteroatoms. The van der Waals surface area contributed by atoms with E-state index in [1.54, 1.807) is 6.08 Å². The lowest BCUT2D eigenvalue weighted by molar-refractivity contribution is 0.813. The zero-order valence-electron chi connectivity index (χ0n) is 4.70. The predicted octanol–water partition coefficient (Wildman–Crippen LogP) is -1.31. The average molecular weight is 125 g/mol. The van der Waals surface area contributed by atoms with Crippen LogP contribution < -0.4 is 17.0 Å². The Morgan fingerprint density at radius 2 is 2.22 bits per heavy atom. The minimum absolute atomic E-state index is 0.257. The van der Waals surface area contributed by atoms with E-state index in [0.717, 1.165) is 0 Å². The van der Waals surface area contributed by atoms with E-state index in [4.69, 9.17) is 11.5 Å². The molecule has 1 rings (SSSR count). The number of hydrazone groups is 2. The molecule has 0 unspecified atom stereocenters. The van der Waals surface area contributed by atoms with Gasteiger partial charge in [0, 0.05) is 0 Å². The van der Waals surface area contributed by atoms with E-state index in [1.165, 1.54) is 6.21 Å². The number of hydrogen-bond acceptors (Lipinski definition) is 5. The first-order chi connectivity index (χ1) is 4.30. The van der Waals surface area contributed by atoms with Crippen molar-refractivity contribution in [3.63, 3.8) is 0 Å². The van der Waals surface area contributed by atoms with Crippen LogP contribution in [0, 0.1) is 0 Å². The average Bonchev–Trinajstić information content (AvgIpc) is 1.99. The van der Waals surface area contributed by atoms with E-state index >= 15 is 0 Å². The zero-order chi connectivity index (χ0) is 6.69. The van der Waals surface area contributed by atoms with Crippen molar-refractivity contribution in [3.8, 4) is 0 Å². The van der Waals surface area contributed by atoms with Crippen LogP contribution in [0.25, 0.3) is 0 Å². The van der Waals surface area contributed by atoms with E-state index in [2.05, 4.69) is 15.7 Å². The summed E-state index contributed by atoms with van der Waals surface area (Å²) in [7, 11) is 0. The third-order valence-corrected chi connectivity index (χ3v) is 0.853. The van der Waals surface area contributed by atoms with Crippen LogP contribution in [0.15, 0.2) is 22.0 Å². The van der Waals surface area contributed by atoms with Crippen molar-refractivity contribution in [2.75, 3.05) is 0 Å². The fourth-order valence-electron chi connectivity index (χ4n) is 0.384. The van der Waals surface area contributed by atoms with Gasteiger partial charge in [0.05, 0.1) is 11.9 Å².